The van der Waals surface area contributed by atoms with Crippen LogP contribution in [0.25, 0.3) is 16.5 Å². The van der Waals surface area contributed by atoms with Gasteiger partial charge in [-0.05, 0) is 60.9 Å². The zero-order valence-corrected chi connectivity index (χ0v) is 16.2. The third-order valence-corrected chi connectivity index (χ3v) is 4.98. The van der Waals surface area contributed by atoms with Crippen LogP contribution in [0.3, 0.4) is 0 Å². The van der Waals surface area contributed by atoms with E-state index in [2.05, 4.69) is 39.9 Å². The van der Waals surface area contributed by atoms with E-state index in [-0.39, 0.29) is 11.9 Å². The largest absolute Gasteiger partial charge is 0.344 e. The highest BCUT2D eigenvalue weighted by Crippen LogP contribution is 2.21. The number of aromatic nitrogens is 3. The minimum Gasteiger partial charge on any atom is -0.344 e. The second-order valence-corrected chi connectivity index (χ2v) is 7.08. The molecule has 28 heavy (non-hydrogen) atoms. The average Bonchev–Trinajstić information content (AvgIpc) is 3.09. The van der Waals surface area contributed by atoms with Crippen molar-refractivity contribution in [2.24, 2.45) is 0 Å². The summed E-state index contributed by atoms with van der Waals surface area (Å²) in [6.45, 7) is 5.86. The van der Waals surface area contributed by atoms with E-state index >= 15 is 0 Å². The molecule has 0 fully saturated rings. The van der Waals surface area contributed by atoms with Gasteiger partial charge in [-0.3, -0.25) is 4.79 Å². The Morgan fingerprint density at radius 2 is 1.75 bits per heavy atom. The number of hydrogen-bond donors (Lipinski definition) is 1. The smallest absolute Gasteiger partial charge is 0.274 e. The number of carbonyl (C=O) groups excluding carboxylic acids is 1. The molecular weight excluding hydrogens is 348 g/mol. The molecule has 1 aromatic heterocycles. The molecule has 0 saturated heterocycles. The predicted octanol–water partition coefficient (Wildman–Crippen LogP) is 4.53. The van der Waals surface area contributed by atoms with Crippen molar-refractivity contribution in [1.82, 2.24) is 20.3 Å². The molecule has 0 bridgehead atoms. The van der Waals surface area contributed by atoms with E-state index in [0.717, 1.165) is 22.2 Å². The highest BCUT2D eigenvalue weighted by atomic mass is 16.2. The number of hydrogen-bond acceptors (Lipinski definition) is 3. The van der Waals surface area contributed by atoms with E-state index in [9.17, 15) is 4.79 Å². The van der Waals surface area contributed by atoms with Gasteiger partial charge in [0, 0.05) is 0 Å². The maximum absolute atomic E-state index is 12.8. The minimum absolute atomic E-state index is 0.138. The molecule has 3 aromatic carbocycles. The molecule has 1 atom stereocenters. The predicted molar refractivity (Wildman–Crippen MR) is 111 cm³/mol. The van der Waals surface area contributed by atoms with Gasteiger partial charge in [0.05, 0.1) is 17.4 Å². The van der Waals surface area contributed by atoms with Crippen molar-refractivity contribution >= 4 is 16.7 Å². The van der Waals surface area contributed by atoms with Gasteiger partial charge < -0.3 is 5.32 Å². The Bertz CT molecular complexity index is 1160. The van der Waals surface area contributed by atoms with Crippen LogP contribution in [0.2, 0.25) is 0 Å². The van der Waals surface area contributed by atoms with Gasteiger partial charge in [0.2, 0.25) is 0 Å². The molecular formula is C23H22N4O. The number of amides is 1. The second-order valence-electron chi connectivity index (χ2n) is 7.08. The summed E-state index contributed by atoms with van der Waals surface area (Å²) in [7, 11) is 0. The van der Waals surface area contributed by atoms with Gasteiger partial charge in [-0.1, -0.05) is 53.7 Å². The van der Waals surface area contributed by atoms with Crippen LogP contribution in [-0.4, -0.2) is 20.9 Å². The third-order valence-electron chi connectivity index (χ3n) is 4.98. The van der Waals surface area contributed by atoms with E-state index in [4.69, 9.17) is 0 Å². The fourth-order valence-electron chi connectivity index (χ4n) is 3.37. The first-order valence-electron chi connectivity index (χ1n) is 9.32. The summed E-state index contributed by atoms with van der Waals surface area (Å²) in [4.78, 5) is 12.8. The first-order valence-corrected chi connectivity index (χ1v) is 9.32. The van der Waals surface area contributed by atoms with E-state index in [1.54, 1.807) is 4.68 Å². The molecule has 5 nitrogen and oxygen atoms in total. The van der Waals surface area contributed by atoms with Crippen LogP contribution in [0.15, 0.2) is 66.7 Å². The number of nitrogens with zero attached hydrogens (tertiary/aromatic N) is 3. The molecule has 0 aliphatic carbocycles. The molecule has 1 N–H and O–H groups in total. The zero-order chi connectivity index (χ0) is 19.7. The molecule has 0 saturated carbocycles. The maximum Gasteiger partial charge on any atom is 0.274 e. The number of rotatable bonds is 4. The quantitative estimate of drug-likeness (QED) is 0.574. The standard InChI is InChI=1S/C23H22N4O/c1-15-7-6-10-21(13-15)27-17(3)22(25-26-27)23(28)24-16(2)19-12-11-18-8-4-5-9-20(18)14-19/h4-14,16H,1-3H3,(H,24,28). The van der Waals surface area contributed by atoms with Crippen molar-refractivity contribution in [3.8, 4) is 5.69 Å². The summed E-state index contributed by atoms with van der Waals surface area (Å²) in [6.07, 6.45) is 0. The monoisotopic (exact) mass is 370 g/mol. The first-order chi connectivity index (χ1) is 13.5. The highest BCUT2D eigenvalue weighted by Gasteiger charge is 2.19. The fraction of sp³-hybridized carbons (Fsp3) is 0.174. The molecule has 0 aliphatic rings. The van der Waals surface area contributed by atoms with Crippen LogP contribution in [-0.2, 0) is 0 Å². The van der Waals surface area contributed by atoms with Crippen LogP contribution in [0.1, 0.15) is 40.3 Å². The lowest BCUT2D eigenvalue weighted by Crippen LogP contribution is -2.27. The average molecular weight is 370 g/mol. The topological polar surface area (TPSA) is 59.8 Å². The summed E-state index contributed by atoms with van der Waals surface area (Å²) in [5, 5.41) is 13.7. The maximum atomic E-state index is 12.8. The molecule has 1 unspecified atom stereocenters. The molecule has 140 valence electrons. The lowest BCUT2D eigenvalue weighted by atomic mass is 10.0. The summed E-state index contributed by atoms with van der Waals surface area (Å²) >= 11 is 0. The van der Waals surface area contributed by atoms with Crippen molar-refractivity contribution in [2.75, 3.05) is 0 Å². The van der Waals surface area contributed by atoms with Gasteiger partial charge in [-0.25, -0.2) is 4.68 Å². The van der Waals surface area contributed by atoms with E-state index in [1.807, 2.05) is 63.2 Å². The van der Waals surface area contributed by atoms with E-state index in [0.29, 0.717) is 11.4 Å². The second kappa shape index (κ2) is 7.27. The van der Waals surface area contributed by atoms with Gasteiger partial charge in [-0.2, -0.15) is 0 Å². The number of nitrogens with one attached hydrogen (secondary N) is 1. The zero-order valence-electron chi connectivity index (χ0n) is 16.2. The lowest BCUT2D eigenvalue weighted by molar-refractivity contribution is 0.0934. The first kappa shape index (κ1) is 17.9. The lowest BCUT2D eigenvalue weighted by Gasteiger charge is -2.14. The van der Waals surface area contributed by atoms with Crippen molar-refractivity contribution in [2.45, 2.75) is 26.8 Å². The van der Waals surface area contributed by atoms with Crippen molar-refractivity contribution in [3.05, 3.63) is 89.2 Å². The van der Waals surface area contributed by atoms with Gasteiger partial charge >= 0.3 is 0 Å². The van der Waals surface area contributed by atoms with Crippen LogP contribution in [0.4, 0.5) is 0 Å². The van der Waals surface area contributed by atoms with E-state index in [1.165, 1.54) is 5.39 Å². The number of aryl methyl sites for hydroxylation is 1. The van der Waals surface area contributed by atoms with Crippen molar-refractivity contribution in [3.63, 3.8) is 0 Å². The Kier molecular flexibility index (Phi) is 4.65. The van der Waals surface area contributed by atoms with E-state index < -0.39 is 0 Å². The molecule has 5 heteroatoms. The Morgan fingerprint density at radius 3 is 2.54 bits per heavy atom. The Balaban J connectivity index is 1.56. The minimum atomic E-state index is -0.225. The Hall–Kier alpha value is -3.47. The molecule has 0 spiro atoms. The summed E-state index contributed by atoms with van der Waals surface area (Å²) in [5.41, 5.74) is 4.13. The molecule has 4 aromatic rings. The van der Waals surface area contributed by atoms with Crippen LogP contribution < -0.4 is 5.32 Å². The van der Waals surface area contributed by atoms with Crippen LogP contribution in [0.5, 0.6) is 0 Å². The molecule has 0 aliphatic heterocycles. The van der Waals surface area contributed by atoms with Gasteiger partial charge in [0.1, 0.15) is 0 Å². The summed E-state index contributed by atoms with van der Waals surface area (Å²) < 4.78 is 1.70. The highest BCUT2D eigenvalue weighted by molar-refractivity contribution is 5.93. The third kappa shape index (κ3) is 3.39. The molecule has 1 heterocycles. The molecule has 4 rings (SSSR count). The van der Waals surface area contributed by atoms with Crippen molar-refractivity contribution in [1.29, 1.82) is 0 Å². The normalized spacial score (nSPS) is 12.1. The molecule has 1 amide bonds. The van der Waals surface area contributed by atoms with Crippen LogP contribution in [0, 0.1) is 13.8 Å². The Morgan fingerprint density at radius 1 is 0.964 bits per heavy atom. The number of carbonyl (C=O) groups is 1. The van der Waals surface area contributed by atoms with Crippen LogP contribution >= 0.6 is 0 Å². The fourth-order valence-corrected chi connectivity index (χ4v) is 3.37. The van der Waals surface area contributed by atoms with Gasteiger partial charge in [0.15, 0.2) is 5.69 Å². The molecule has 0 radical (unpaired) electrons. The van der Waals surface area contributed by atoms with Gasteiger partial charge in [-0.15, -0.1) is 5.10 Å². The summed E-state index contributed by atoms with van der Waals surface area (Å²) in [6, 6.07) is 22.2. The number of fused-ring (bicyclic) bond motifs is 1. The van der Waals surface area contributed by atoms with Gasteiger partial charge in [0.25, 0.3) is 5.91 Å². The van der Waals surface area contributed by atoms with Crippen molar-refractivity contribution < 1.29 is 4.79 Å². The number of benzene rings is 3. The Labute approximate surface area is 164 Å². The summed E-state index contributed by atoms with van der Waals surface area (Å²) in [5.74, 6) is -0.225. The SMILES string of the molecule is Cc1cccc(-n2nnc(C(=O)NC(C)c3ccc4ccccc4c3)c2C)c1.